The maximum absolute atomic E-state index is 5.33. The van der Waals surface area contributed by atoms with E-state index >= 15 is 0 Å². The number of aromatic nitrogens is 4. The van der Waals surface area contributed by atoms with Crippen LogP contribution in [0.25, 0.3) is 99.1 Å². The van der Waals surface area contributed by atoms with E-state index in [0.717, 1.165) is 66.7 Å². The third-order valence-corrected chi connectivity index (χ3v) is 9.39. The highest BCUT2D eigenvalue weighted by Crippen LogP contribution is 2.41. The lowest BCUT2D eigenvalue weighted by Crippen LogP contribution is -1.93. The van der Waals surface area contributed by atoms with Crippen molar-refractivity contribution in [3.05, 3.63) is 146 Å². The van der Waals surface area contributed by atoms with Gasteiger partial charge in [-0.1, -0.05) is 133 Å². The highest BCUT2D eigenvalue weighted by atomic mass is 14.9. The fourth-order valence-corrected chi connectivity index (χ4v) is 7.23. The van der Waals surface area contributed by atoms with Gasteiger partial charge in [0.1, 0.15) is 11.6 Å². The standard InChI is InChI=1S/C42H26N4/c1-2-9-25(10-3-1)30-15-8-16-35(41-43-36-23-21-31-28-13-6-4-11-26(28)17-19-33(31)39(36)45-41)38(30)42-44-37-24-22-32-29-14-7-5-12-27(29)18-20-34(32)40(37)46-42/h1-24H,(H,43,45)(H,44,46). The van der Waals surface area contributed by atoms with E-state index in [2.05, 4.69) is 156 Å². The summed E-state index contributed by atoms with van der Waals surface area (Å²) in [6, 6.07) is 51.5. The zero-order valence-electron chi connectivity index (χ0n) is 24.8. The minimum Gasteiger partial charge on any atom is -0.338 e. The van der Waals surface area contributed by atoms with E-state index in [4.69, 9.17) is 9.97 Å². The molecule has 0 aliphatic heterocycles. The van der Waals surface area contributed by atoms with Crippen molar-refractivity contribution >= 4 is 65.2 Å². The lowest BCUT2D eigenvalue weighted by molar-refractivity contribution is 1.30. The normalized spacial score (nSPS) is 11.9. The van der Waals surface area contributed by atoms with E-state index in [9.17, 15) is 0 Å². The highest BCUT2D eigenvalue weighted by molar-refractivity contribution is 6.17. The van der Waals surface area contributed by atoms with Crippen LogP contribution in [0.3, 0.4) is 0 Å². The van der Waals surface area contributed by atoms with Crippen LogP contribution < -0.4 is 0 Å². The van der Waals surface area contributed by atoms with Crippen LogP contribution >= 0.6 is 0 Å². The third kappa shape index (κ3) is 3.67. The molecule has 4 heteroatoms. The Hall–Kier alpha value is -6.26. The van der Waals surface area contributed by atoms with E-state index < -0.39 is 0 Å². The van der Waals surface area contributed by atoms with Crippen LogP contribution in [0, 0.1) is 0 Å². The summed E-state index contributed by atoms with van der Waals surface area (Å²) in [5.41, 5.74) is 8.21. The van der Waals surface area contributed by atoms with Crippen molar-refractivity contribution in [1.82, 2.24) is 19.9 Å². The first-order chi connectivity index (χ1) is 22.8. The van der Waals surface area contributed by atoms with Crippen molar-refractivity contribution < 1.29 is 0 Å². The number of aromatic amines is 2. The second-order valence-electron chi connectivity index (χ2n) is 12.0. The van der Waals surface area contributed by atoms with E-state index in [0.29, 0.717) is 0 Å². The molecule has 10 rings (SSSR count). The van der Waals surface area contributed by atoms with Crippen LogP contribution in [0.15, 0.2) is 146 Å². The lowest BCUT2D eigenvalue weighted by atomic mass is 9.94. The first-order valence-corrected chi connectivity index (χ1v) is 15.6. The average molecular weight is 587 g/mol. The quantitative estimate of drug-likeness (QED) is 0.202. The number of nitrogens with one attached hydrogen (secondary N) is 2. The van der Waals surface area contributed by atoms with Crippen LogP contribution in [-0.2, 0) is 0 Å². The molecule has 0 spiro atoms. The Kier molecular flexibility index (Phi) is 5.25. The van der Waals surface area contributed by atoms with Gasteiger partial charge in [-0.2, -0.15) is 0 Å². The molecule has 214 valence electrons. The number of hydrogen-bond acceptors (Lipinski definition) is 2. The molecule has 0 atom stereocenters. The molecule has 2 N–H and O–H groups in total. The largest absolute Gasteiger partial charge is 0.338 e. The van der Waals surface area contributed by atoms with Crippen LogP contribution in [-0.4, -0.2) is 19.9 Å². The van der Waals surface area contributed by atoms with Gasteiger partial charge >= 0.3 is 0 Å². The first-order valence-electron chi connectivity index (χ1n) is 15.6. The van der Waals surface area contributed by atoms with Gasteiger partial charge in [-0.3, -0.25) is 0 Å². The Bertz CT molecular complexity index is 2810. The summed E-state index contributed by atoms with van der Waals surface area (Å²) in [4.78, 5) is 18.0. The smallest absolute Gasteiger partial charge is 0.139 e. The number of rotatable bonds is 3. The summed E-state index contributed by atoms with van der Waals surface area (Å²) < 4.78 is 0. The fraction of sp³-hybridized carbons (Fsp3) is 0. The number of hydrogen-bond donors (Lipinski definition) is 2. The van der Waals surface area contributed by atoms with Gasteiger partial charge in [0.25, 0.3) is 0 Å². The maximum Gasteiger partial charge on any atom is 0.139 e. The second kappa shape index (κ2) is 9.62. The maximum atomic E-state index is 5.33. The molecule has 0 radical (unpaired) electrons. The molecule has 0 aliphatic carbocycles. The molecule has 46 heavy (non-hydrogen) atoms. The summed E-state index contributed by atoms with van der Waals surface area (Å²) in [5.74, 6) is 1.64. The first kappa shape index (κ1) is 25.1. The highest BCUT2D eigenvalue weighted by Gasteiger charge is 2.21. The predicted octanol–water partition coefficient (Wildman–Crippen LogP) is 11.1. The molecule has 0 saturated heterocycles. The SMILES string of the molecule is c1ccc(-c2cccc(-c3nc4c(ccc5c6ccccc6ccc54)[nH]3)c2-c2nc3c(ccc4c5ccccc5ccc43)[nH]2)cc1. The lowest BCUT2D eigenvalue weighted by Gasteiger charge is -2.12. The van der Waals surface area contributed by atoms with Crippen LogP contribution in [0.2, 0.25) is 0 Å². The topological polar surface area (TPSA) is 57.4 Å². The molecular formula is C42H26N4. The van der Waals surface area contributed by atoms with Crippen LogP contribution in [0.4, 0.5) is 0 Å². The van der Waals surface area contributed by atoms with Crippen molar-refractivity contribution in [3.63, 3.8) is 0 Å². The molecule has 0 unspecified atom stereocenters. The molecule has 0 bridgehead atoms. The van der Waals surface area contributed by atoms with E-state index in [1.165, 1.54) is 32.3 Å². The molecule has 0 amide bonds. The van der Waals surface area contributed by atoms with E-state index in [-0.39, 0.29) is 0 Å². The minimum absolute atomic E-state index is 0.819. The van der Waals surface area contributed by atoms with Gasteiger partial charge in [-0.25, -0.2) is 9.97 Å². The number of imidazole rings is 2. The van der Waals surface area contributed by atoms with Gasteiger partial charge < -0.3 is 9.97 Å². The summed E-state index contributed by atoms with van der Waals surface area (Å²) >= 11 is 0. The second-order valence-corrected chi connectivity index (χ2v) is 12.0. The van der Waals surface area contributed by atoms with Gasteiger partial charge in [0, 0.05) is 21.9 Å². The monoisotopic (exact) mass is 586 g/mol. The number of H-pyrrole nitrogens is 2. The number of fused-ring (bicyclic) bond motifs is 10. The van der Waals surface area contributed by atoms with Crippen molar-refractivity contribution in [1.29, 1.82) is 0 Å². The van der Waals surface area contributed by atoms with E-state index in [1.54, 1.807) is 0 Å². The van der Waals surface area contributed by atoms with E-state index in [1.807, 2.05) is 0 Å². The Morgan fingerprint density at radius 1 is 0.348 bits per heavy atom. The Morgan fingerprint density at radius 3 is 1.52 bits per heavy atom. The molecule has 10 aromatic rings. The van der Waals surface area contributed by atoms with Crippen molar-refractivity contribution in [2.75, 3.05) is 0 Å². The van der Waals surface area contributed by atoms with Crippen LogP contribution in [0.1, 0.15) is 0 Å². The zero-order chi connectivity index (χ0) is 30.2. The van der Waals surface area contributed by atoms with Gasteiger partial charge in [0.15, 0.2) is 0 Å². The Morgan fingerprint density at radius 2 is 0.870 bits per heavy atom. The van der Waals surface area contributed by atoms with Gasteiger partial charge in [0.05, 0.1) is 22.1 Å². The molecular weight excluding hydrogens is 560 g/mol. The summed E-state index contributed by atoms with van der Waals surface area (Å²) in [6.45, 7) is 0. The molecule has 4 nitrogen and oxygen atoms in total. The predicted molar refractivity (Wildman–Crippen MR) is 192 cm³/mol. The molecule has 0 aliphatic rings. The van der Waals surface area contributed by atoms with Crippen molar-refractivity contribution in [3.8, 4) is 33.9 Å². The molecule has 2 aromatic heterocycles. The molecule has 2 heterocycles. The fourth-order valence-electron chi connectivity index (χ4n) is 7.23. The Balaban J connectivity index is 1.24. The van der Waals surface area contributed by atoms with Gasteiger partial charge in [0.2, 0.25) is 0 Å². The minimum atomic E-state index is 0.819. The van der Waals surface area contributed by atoms with Crippen LogP contribution in [0.5, 0.6) is 0 Å². The van der Waals surface area contributed by atoms with Crippen molar-refractivity contribution in [2.24, 2.45) is 0 Å². The van der Waals surface area contributed by atoms with Crippen molar-refractivity contribution in [2.45, 2.75) is 0 Å². The summed E-state index contributed by atoms with van der Waals surface area (Å²) in [6.07, 6.45) is 0. The number of benzene rings is 8. The summed E-state index contributed by atoms with van der Waals surface area (Å²) in [7, 11) is 0. The van der Waals surface area contributed by atoms with Gasteiger partial charge in [-0.15, -0.1) is 0 Å². The Labute approximate surface area is 264 Å². The number of nitrogens with zero attached hydrogens (tertiary/aromatic N) is 2. The van der Waals surface area contributed by atoms with Gasteiger partial charge in [-0.05, 0) is 55.6 Å². The molecule has 0 saturated carbocycles. The molecule has 8 aromatic carbocycles. The third-order valence-electron chi connectivity index (χ3n) is 9.39. The average Bonchev–Trinajstić information content (AvgIpc) is 3.76. The summed E-state index contributed by atoms with van der Waals surface area (Å²) in [5, 5.41) is 9.62. The molecule has 0 fully saturated rings. The zero-order valence-corrected chi connectivity index (χ0v) is 24.8.